The largest absolute Gasteiger partial charge is 0.472 e. The minimum Gasteiger partial charge on any atom is -0.472 e. The van der Waals surface area contributed by atoms with Crippen molar-refractivity contribution in [2.75, 3.05) is 0 Å². The minimum absolute atomic E-state index is 0.0384. The topological polar surface area (TPSA) is 18.5 Å². The van der Waals surface area contributed by atoms with Crippen LogP contribution in [0.1, 0.15) is 46.0 Å². The summed E-state index contributed by atoms with van der Waals surface area (Å²) in [5, 5.41) is 0. The highest BCUT2D eigenvalue weighted by Crippen LogP contribution is 2.47. The predicted octanol–water partition coefficient (Wildman–Crippen LogP) is 3.48. The summed E-state index contributed by atoms with van der Waals surface area (Å²) in [6.45, 7) is 4.40. The molecule has 2 heterocycles. The van der Waals surface area contributed by atoms with Crippen molar-refractivity contribution in [2.45, 2.75) is 58.3 Å². The van der Waals surface area contributed by atoms with E-state index >= 15 is 0 Å². The average Bonchev–Trinajstić information content (AvgIpc) is 2.45. The van der Waals surface area contributed by atoms with Crippen molar-refractivity contribution in [1.82, 2.24) is 0 Å². The van der Waals surface area contributed by atoms with Gasteiger partial charge in [-0.05, 0) is 56.9 Å². The van der Waals surface area contributed by atoms with Crippen LogP contribution in [0.2, 0.25) is 0 Å². The van der Waals surface area contributed by atoms with Gasteiger partial charge in [-0.15, -0.1) is 0 Å². The first kappa shape index (κ1) is 10.6. The van der Waals surface area contributed by atoms with Crippen molar-refractivity contribution in [2.24, 2.45) is 17.8 Å². The molecule has 2 heteroatoms. The highest BCUT2D eigenvalue weighted by molar-refractivity contribution is 5.09. The first-order valence-electron chi connectivity index (χ1n) is 6.73. The summed E-state index contributed by atoms with van der Waals surface area (Å²) in [5.74, 6) is 2.18. The minimum atomic E-state index is 0.0384. The van der Waals surface area contributed by atoms with E-state index in [1.807, 2.05) is 6.26 Å². The summed E-state index contributed by atoms with van der Waals surface area (Å²) in [6, 6.07) is 0. The van der Waals surface area contributed by atoms with Gasteiger partial charge in [0.2, 0.25) is 6.29 Å². The molecule has 2 nitrogen and oxygen atoms in total. The van der Waals surface area contributed by atoms with Crippen LogP contribution >= 0.6 is 0 Å². The second-order valence-corrected chi connectivity index (χ2v) is 5.77. The van der Waals surface area contributed by atoms with Gasteiger partial charge in [0.05, 0.1) is 12.4 Å². The summed E-state index contributed by atoms with van der Waals surface area (Å²) in [6.07, 6.45) is 8.98. The van der Waals surface area contributed by atoms with E-state index in [4.69, 9.17) is 9.47 Å². The van der Waals surface area contributed by atoms with Gasteiger partial charge in [-0.1, -0.05) is 6.42 Å². The first-order valence-corrected chi connectivity index (χ1v) is 6.73. The molecule has 0 aromatic carbocycles. The maximum Gasteiger partial charge on any atom is 0.202 e. The third-order valence-corrected chi connectivity index (χ3v) is 4.70. The Kier molecular flexibility index (Phi) is 2.70. The van der Waals surface area contributed by atoms with Crippen LogP contribution in [0.4, 0.5) is 0 Å². The molecule has 3 aliphatic rings. The Morgan fingerprint density at radius 1 is 1.19 bits per heavy atom. The third-order valence-electron chi connectivity index (χ3n) is 4.70. The van der Waals surface area contributed by atoms with E-state index < -0.39 is 0 Å². The Balaban J connectivity index is 1.90. The molecular weight excluding hydrogens is 200 g/mol. The number of ether oxygens (including phenoxy) is 2. The van der Waals surface area contributed by atoms with Gasteiger partial charge in [0, 0.05) is 5.92 Å². The van der Waals surface area contributed by atoms with Gasteiger partial charge in [-0.3, -0.25) is 0 Å². The molecule has 1 saturated carbocycles. The molecule has 2 aliphatic heterocycles. The fraction of sp³-hybridized carbons (Fsp3) is 0.857. The van der Waals surface area contributed by atoms with Crippen molar-refractivity contribution in [3.05, 3.63) is 11.8 Å². The molecule has 0 spiro atoms. The summed E-state index contributed by atoms with van der Waals surface area (Å²) in [5.41, 5.74) is 1.43. The Labute approximate surface area is 98.0 Å². The van der Waals surface area contributed by atoms with E-state index in [1.165, 1.54) is 37.7 Å². The molecule has 0 N–H and O–H groups in total. The SMILES string of the molecule is CC1=COC2OC(C)CCC3CCCC1C32. The summed E-state index contributed by atoms with van der Waals surface area (Å²) in [4.78, 5) is 0. The van der Waals surface area contributed by atoms with Crippen LogP contribution in [0, 0.1) is 17.8 Å². The van der Waals surface area contributed by atoms with Crippen LogP contribution < -0.4 is 0 Å². The zero-order chi connectivity index (χ0) is 11.1. The van der Waals surface area contributed by atoms with Crippen molar-refractivity contribution in [1.29, 1.82) is 0 Å². The lowest BCUT2D eigenvalue weighted by Crippen LogP contribution is -2.41. The Morgan fingerprint density at radius 3 is 2.94 bits per heavy atom. The molecule has 16 heavy (non-hydrogen) atoms. The lowest BCUT2D eigenvalue weighted by Gasteiger charge is -2.43. The van der Waals surface area contributed by atoms with Crippen LogP contribution in [-0.2, 0) is 9.47 Å². The van der Waals surface area contributed by atoms with Crippen molar-refractivity contribution >= 4 is 0 Å². The summed E-state index contributed by atoms with van der Waals surface area (Å²) >= 11 is 0. The maximum absolute atomic E-state index is 6.03. The fourth-order valence-electron chi connectivity index (χ4n) is 3.81. The zero-order valence-electron chi connectivity index (χ0n) is 10.3. The monoisotopic (exact) mass is 222 g/mol. The Bertz CT molecular complexity index is 297. The maximum atomic E-state index is 6.03. The van der Waals surface area contributed by atoms with Crippen LogP contribution in [-0.4, -0.2) is 12.4 Å². The number of hydrogen-bond acceptors (Lipinski definition) is 2. The summed E-state index contributed by atoms with van der Waals surface area (Å²) in [7, 11) is 0. The van der Waals surface area contributed by atoms with Crippen LogP contribution in [0.3, 0.4) is 0 Å². The van der Waals surface area contributed by atoms with E-state index in [0.717, 1.165) is 11.8 Å². The fourth-order valence-corrected chi connectivity index (χ4v) is 3.81. The molecule has 3 rings (SSSR count). The van der Waals surface area contributed by atoms with Crippen LogP contribution in [0.5, 0.6) is 0 Å². The van der Waals surface area contributed by atoms with E-state index in [1.54, 1.807) is 0 Å². The molecule has 5 atom stereocenters. The standard InChI is InChI=1S/C14H22O2/c1-9-8-15-14-13-11(4-3-5-12(9)13)7-6-10(2)16-14/h8,10-14H,3-7H2,1-2H3. The second kappa shape index (κ2) is 4.06. The normalized spacial score (nSPS) is 47.4. The molecule has 1 aliphatic carbocycles. The Hall–Kier alpha value is -0.500. The van der Waals surface area contributed by atoms with Crippen LogP contribution in [0.15, 0.2) is 11.8 Å². The van der Waals surface area contributed by atoms with Gasteiger partial charge in [-0.25, -0.2) is 0 Å². The number of hydrogen-bond donors (Lipinski definition) is 0. The Morgan fingerprint density at radius 2 is 2.06 bits per heavy atom. The quantitative estimate of drug-likeness (QED) is 0.624. The molecule has 5 unspecified atom stereocenters. The van der Waals surface area contributed by atoms with Crippen LogP contribution in [0.25, 0.3) is 0 Å². The molecule has 1 saturated heterocycles. The van der Waals surface area contributed by atoms with E-state index in [9.17, 15) is 0 Å². The summed E-state index contributed by atoms with van der Waals surface area (Å²) < 4.78 is 11.8. The molecule has 90 valence electrons. The number of rotatable bonds is 0. The molecule has 0 aromatic rings. The highest BCUT2D eigenvalue weighted by Gasteiger charge is 2.45. The van der Waals surface area contributed by atoms with E-state index in [2.05, 4.69) is 13.8 Å². The molecule has 0 aromatic heterocycles. The molecule has 0 radical (unpaired) electrons. The van der Waals surface area contributed by atoms with E-state index in [-0.39, 0.29) is 6.29 Å². The number of allylic oxidation sites excluding steroid dienone is 1. The van der Waals surface area contributed by atoms with Gasteiger partial charge >= 0.3 is 0 Å². The van der Waals surface area contributed by atoms with Crippen molar-refractivity contribution in [3.63, 3.8) is 0 Å². The molecule has 0 bridgehead atoms. The van der Waals surface area contributed by atoms with Crippen molar-refractivity contribution in [3.8, 4) is 0 Å². The van der Waals surface area contributed by atoms with Crippen molar-refractivity contribution < 1.29 is 9.47 Å². The lowest BCUT2D eigenvalue weighted by atomic mass is 9.67. The van der Waals surface area contributed by atoms with Gasteiger partial charge in [0.25, 0.3) is 0 Å². The predicted molar refractivity (Wildman–Crippen MR) is 62.7 cm³/mol. The van der Waals surface area contributed by atoms with Gasteiger partial charge in [-0.2, -0.15) is 0 Å². The van der Waals surface area contributed by atoms with Gasteiger partial charge < -0.3 is 9.47 Å². The van der Waals surface area contributed by atoms with Gasteiger partial charge in [0.1, 0.15) is 0 Å². The smallest absolute Gasteiger partial charge is 0.202 e. The highest BCUT2D eigenvalue weighted by atomic mass is 16.7. The average molecular weight is 222 g/mol. The first-order chi connectivity index (χ1) is 7.75. The molecular formula is C14H22O2. The van der Waals surface area contributed by atoms with E-state index in [0.29, 0.717) is 12.0 Å². The third kappa shape index (κ3) is 1.67. The van der Waals surface area contributed by atoms with Gasteiger partial charge in [0.15, 0.2) is 0 Å². The zero-order valence-corrected chi connectivity index (χ0v) is 10.3. The molecule has 2 fully saturated rings. The molecule has 0 amide bonds. The lowest BCUT2D eigenvalue weighted by molar-refractivity contribution is -0.187. The second-order valence-electron chi connectivity index (χ2n) is 5.77.